The first-order valence-corrected chi connectivity index (χ1v) is 4.96. The van der Waals surface area contributed by atoms with E-state index in [1.54, 1.807) is 7.11 Å². The van der Waals surface area contributed by atoms with Crippen LogP contribution in [0.5, 0.6) is 0 Å². The molecule has 13 heavy (non-hydrogen) atoms. The third kappa shape index (κ3) is 3.25. The second-order valence-electron chi connectivity index (χ2n) is 3.99. The van der Waals surface area contributed by atoms with E-state index >= 15 is 0 Å². The molecule has 0 radical (unpaired) electrons. The summed E-state index contributed by atoms with van der Waals surface area (Å²) in [4.78, 5) is 0. The van der Waals surface area contributed by atoms with Crippen LogP contribution in [0.1, 0.15) is 26.2 Å². The van der Waals surface area contributed by atoms with Crippen molar-refractivity contribution in [3.05, 3.63) is 0 Å². The van der Waals surface area contributed by atoms with Crippen LogP contribution < -0.4 is 0 Å². The highest BCUT2D eigenvalue weighted by molar-refractivity contribution is 4.83. The molecule has 1 saturated heterocycles. The van der Waals surface area contributed by atoms with Crippen molar-refractivity contribution in [3.63, 3.8) is 0 Å². The quantitative estimate of drug-likeness (QED) is 0.720. The molecule has 1 aliphatic rings. The second-order valence-corrected chi connectivity index (χ2v) is 3.99. The third-order valence-corrected chi connectivity index (χ3v) is 2.91. The molecule has 1 rings (SSSR count). The topological polar surface area (TPSA) is 38.7 Å². The zero-order valence-corrected chi connectivity index (χ0v) is 8.58. The Morgan fingerprint density at radius 3 is 2.62 bits per heavy atom. The van der Waals surface area contributed by atoms with Gasteiger partial charge >= 0.3 is 0 Å². The Hall–Kier alpha value is -0.120. The van der Waals surface area contributed by atoms with Crippen molar-refractivity contribution in [2.75, 3.05) is 26.9 Å². The van der Waals surface area contributed by atoms with Gasteiger partial charge in [-0.15, -0.1) is 0 Å². The van der Waals surface area contributed by atoms with E-state index < -0.39 is 5.60 Å². The zero-order chi connectivity index (χ0) is 9.73. The maximum atomic E-state index is 10.1. The number of hydrogen-bond acceptors (Lipinski definition) is 3. The Morgan fingerprint density at radius 1 is 1.46 bits per heavy atom. The molecule has 1 N–H and O–H groups in total. The van der Waals surface area contributed by atoms with Gasteiger partial charge in [0.15, 0.2) is 0 Å². The van der Waals surface area contributed by atoms with Gasteiger partial charge in [-0.25, -0.2) is 0 Å². The van der Waals surface area contributed by atoms with E-state index in [9.17, 15) is 5.11 Å². The SMILES string of the molecule is COCCC(C)(O)C1CCOCC1. The molecule has 1 atom stereocenters. The normalized spacial score (nSPS) is 24.2. The molecule has 0 aromatic carbocycles. The minimum Gasteiger partial charge on any atom is -0.390 e. The van der Waals surface area contributed by atoms with Crippen LogP contribution >= 0.6 is 0 Å². The lowest BCUT2D eigenvalue weighted by atomic mass is 9.81. The summed E-state index contributed by atoms with van der Waals surface area (Å²) in [5.74, 6) is 0.372. The molecule has 0 spiro atoms. The molecule has 1 fully saturated rings. The lowest BCUT2D eigenvalue weighted by molar-refractivity contribution is -0.0677. The molecule has 0 amide bonds. The van der Waals surface area contributed by atoms with E-state index in [1.165, 1.54) is 0 Å². The van der Waals surface area contributed by atoms with E-state index in [0.717, 1.165) is 26.1 Å². The van der Waals surface area contributed by atoms with Gasteiger partial charge in [0.2, 0.25) is 0 Å². The summed E-state index contributed by atoms with van der Waals surface area (Å²) in [5, 5.41) is 10.1. The zero-order valence-electron chi connectivity index (χ0n) is 8.58. The van der Waals surface area contributed by atoms with Crippen molar-refractivity contribution < 1.29 is 14.6 Å². The van der Waals surface area contributed by atoms with E-state index in [-0.39, 0.29) is 0 Å². The number of ether oxygens (including phenoxy) is 2. The molecular weight excluding hydrogens is 168 g/mol. The summed E-state index contributed by atoms with van der Waals surface area (Å²) in [6, 6.07) is 0. The van der Waals surface area contributed by atoms with E-state index in [2.05, 4.69) is 0 Å². The Bertz CT molecular complexity index is 139. The average Bonchev–Trinajstić information content (AvgIpc) is 2.16. The predicted molar refractivity (Wildman–Crippen MR) is 50.7 cm³/mol. The largest absolute Gasteiger partial charge is 0.390 e. The van der Waals surface area contributed by atoms with Crippen LogP contribution in [0.15, 0.2) is 0 Å². The smallest absolute Gasteiger partial charge is 0.0671 e. The number of methoxy groups -OCH3 is 1. The Labute approximate surface area is 80.0 Å². The molecule has 0 bridgehead atoms. The molecular formula is C10H20O3. The van der Waals surface area contributed by atoms with Gasteiger partial charge in [0.25, 0.3) is 0 Å². The van der Waals surface area contributed by atoms with Crippen LogP contribution in [0.25, 0.3) is 0 Å². The van der Waals surface area contributed by atoms with Gasteiger partial charge in [-0.3, -0.25) is 0 Å². The van der Waals surface area contributed by atoms with Gasteiger partial charge in [-0.2, -0.15) is 0 Å². The van der Waals surface area contributed by atoms with Gasteiger partial charge in [0.1, 0.15) is 0 Å². The first-order valence-electron chi connectivity index (χ1n) is 4.96. The molecule has 1 unspecified atom stereocenters. The van der Waals surface area contributed by atoms with Gasteiger partial charge in [0.05, 0.1) is 5.60 Å². The maximum absolute atomic E-state index is 10.1. The lowest BCUT2D eigenvalue weighted by Gasteiger charge is -2.35. The van der Waals surface area contributed by atoms with Crippen LogP contribution in [-0.2, 0) is 9.47 Å². The van der Waals surface area contributed by atoms with Crippen LogP contribution in [0.2, 0.25) is 0 Å². The van der Waals surface area contributed by atoms with Crippen LogP contribution in [-0.4, -0.2) is 37.6 Å². The maximum Gasteiger partial charge on any atom is 0.0671 e. The highest BCUT2D eigenvalue weighted by Crippen LogP contribution is 2.29. The molecule has 3 heteroatoms. The van der Waals surface area contributed by atoms with Crippen LogP contribution in [0, 0.1) is 5.92 Å². The Balaban J connectivity index is 2.36. The van der Waals surface area contributed by atoms with Gasteiger partial charge in [-0.05, 0) is 32.1 Å². The highest BCUT2D eigenvalue weighted by atomic mass is 16.5. The fourth-order valence-corrected chi connectivity index (χ4v) is 1.83. The molecule has 1 heterocycles. The number of hydrogen-bond donors (Lipinski definition) is 1. The van der Waals surface area contributed by atoms with Gasteiger partial charge < -0.3 is 14.6 Å². The monoisotopic (exact) mass is 188 g/mol. The summed E-state index contributed by atoms with van der Waals surface area (Å²) in [6.45, 7) is 4.11. The van der Waals surface area contributed by atoms with Crippen molar-refractivity contribution >= 4 is 0 Å². The van der Waals surface area contributed by atoms with Crippen LogP contribution in [0.4, 0.5) is 0 Å². The first-order chi connectivity index (χ1) is 6.17. The van der Waals surface area contributed by atoms with Crippen molar-refractivity contribution in [3.8, 4) is 0 Å². The molecule has 0 saturated carbocycles. The molecule has 0 aliphatic carbocycles. The van der Waals surface area contributed by atoms with E-state index in [0.29, 0.717) is 18.9 Å². The molecule has 1 aliphatic heterocycles. The summed E-state index contributed by atoms with van der Waals surface area (Å²) in [7, 11) is 1.67. The minimum absolute atomic E-state index is 0.372. The third-order valence-electron chi connectivity index (χ3n) is 2.91. The van der Waals surface area contributed by atoms with E-state index in [4.69, 9.17) is 9.47 Å². The summed E-state index contributed by atoms with van der Waals surface area (Å²) < 4.78 is 10.2. The molecule has 0 aromatic rings. The van der Waals surface area contributed by atoms with Gasteiger partial charge in [0, 0.05) is 26.9 Å². The number of aliphatic hydroxyl groups is 1. The number of rotatable bonds is 4. The highest BCUT2D eigenvalue weighted by Gasteiger charge is 2.32. The Kier molecular flexibility index (Phi) is 4.16. The van der Waals surface area contributed by atoms with Crippen LogP contribution in [0.3, 0.4) is 0 Å². The fraction of sp³-hybridized carbons (Fsp3) is 1.00. The summed E-state index contributed by atoms with van der Waals surface area (Å²) in [5.41, 5.74) is -0.584. The second kappa shape index (κ2) is 4.94. The lowest BCUT2D eigenvalue weighted by Crippen LogP contribution is -2.39. The van der Waals surface area contributed by atoms with Crippen molar-refractivity contribution in [2.45, 2.75) is 31.8 Å². The molecule has 78 valence electrons. The van der Waals surface area contributed by atoms with Crippen molar-refractivity contribution in [2.24, 2.45) is 5.92 Å². The summed E-state index contributed by atoms with van der Waals surface area (Å²) >= 11 is 0. The predicted octanol–water partition coefficient (Wildman–Crippen LogP) is 1.20. The van der Waals surface area contributed by atoms with Crippen molar-refractivity contribution in [1.82, 2.24) is 0 Å². The Morgan fingerprint density at radius 2 is 2.08 bits per heavy atom. The fourth-order valence-electron chi connectivity index (χ4n) is 1.83. The first kappa shape index (κ1) is 11.0. The molecule has 0 aromatic heterocycles. The standard InChI is InChI=1S/C10H20O3/c1-10(11,5-8-12-2)9-3-6-13-7-4-9/h9,11H,3-8H2,1-2H3. The van der Waals surface area contributed by atoms with Crippen molar-refractivity contribution in [1.29, 1.82) is 0 Å². The summed E-state index contributed by atoms with van der Waals surface area (Å²) in [6.07, 6.45) is 2.65. The van der Waals surface area contributed by atoms with E-state index in [1.807, 2.05) is 6.92 Å². The molecule has 3 nitrogen and oxygen atoms in total. The minimum atomic E-state index is -0.584. The van der Waals surface area contributed by atoms with Gasteiger partial charge in [-0.1, -0.05) is 0 Å². The average molecular weight is 188 g/mol.